The van der Waals surface area contributed by atoms with Crippen molar-refractivity contribution < 1.29 is 22.7 Å². The van der Waals surface area contributed by atoms with Crippen LogP contribution in [0.15, 0.2) is 47.4 Å². The number of hydrogen-bond donors (Lipinski definition) is 1. The van der Waals surface area contributed by atoms with Crippen LogP contribution < -0.4 is 5.56 Å². The number of rotatable bonds is 7. The summed E-state index contributed by atoms with van der Waals surface area (Å²) in [6.07, 6.45) is 2.40. The van der Waals surface area contributed by atoms with Crippen molar-refractivity contribution in [3.63, 3.8) is 0 Å². The highest BCUT2D eigenvalue weighted by Gasteiger charge is 2.49. The molecule has 1 N–H and O–H groups in total. The molecule has 0 radical (unpaired) electrons. The average Bonchev–Trinajstić information content (AvgIpc) is 2.62. The lowest BCUT2D eigenvalue weighted by molar-refractivity contribution is -0.141. The highest BCUT2D eigenvalue weighted by atomic mass is 32.2. The Kier molecular flexibility index (Phi) is 5.89. The van der Waals surface area contributed by atoms with Gasteiger partial charge >= 0.3 is 5.97 Å². The normalized spacial score (nSPS) is 15.1. The fourth-order valence-electron chi connectivity index (χ4n) is 3.10. The van der Waals surface area contributed by atoms with Crippen molar-refractivity contribution in [3.05, 3.63) is 58.8 Å². The Bertz CT molecular complexity index is 1000. The lowest BCUT2D eigenvalue weighted by atomic mass is 9.90. The Morgan fingerprint density at radius 2 is 1.85 bits per heavy atom. The third-order valence-corrected chi connectivity index (χ3v) is 7.12. The molecule has 27 heavy (non-hydrogen) atoms. The summed E-state index contributed by atoms with van der Waals surface area (Å²) in [7, 11) is -3.98. The third kappa shape index (κ3) is 3.80. The predicted molar refractivity (Wildman–Crippen MR) is 101 cm³/mol. The zero-order chi connectivity index (χ0) is 20.4. The first-order valence-electron chi connectivity index (χ1n) is 8.41. The fourth-order valence-corrected chi connectivity index (χ4v) is 4.26. The van der Waals surface area contributed by atoms with Gasteiger partial charge in [0.1, 0.15) is 0 Å². The predicted octanol–water partition coefficient (Wildman–Crippen LogP) is 2.57. The second-order valence-corrected chi connectivity index (χ2v) is 9.05. The van der Waals surface area contributed by atoms with Crippen LogP contribution in [0.25, 0.3) is 11.1 Å². The summed E-state index contributed by atoms with van der Waals surface area (Å²) in [5.41, 5.74) is -0.247. The van der Waals surface area contributed by atoms with Crippen molar-refractivity contribution in [3.8, 4) is 11.1 Å². The fraction of sp³-hybridized carbons (Fsp3) is 0.368. The van der Waals surface area contributed by atoms with E-state index in [1.807, 2.05) is 0 Å². The maximum atomic E-state index is 14.6. The number of halogens is 1. The molecule has 1 aromatic heterocycles. The van der Waals surface area contributed by atoms with E-state index in [-0.39, 0.29) is 18.5 Å². The minimum atomic E-state index is -3.98. The van der Waals surface area contributed by atoms with Crippen molar-refractivity contribution in [2.45, 2.75) is 31.6 Å². The van der Waals surface area contributed by atoms with Gasteiger partial charge in [-0.25, -0.2) is 12.8 Å². The van der Waals surface area contributed by atoms with E-state index in [9.17, 15) is 27.5 Å². The summed E-state index contributed by atoms with van der Waals surface area (Å²) in [5.74, 6) is -3.37. The van der Waals surface area contributed by atoms with Crippen molar-refractivity contribution in [2.75, 3.05) is 6.26 Å². The molecule has 0 saturated carbocycles. The quantitative estimate of drug-likeness (QED) is 0.778. The van der Waals surface area contributed by atoms with Gasteiger partial charge in [-0.3, -0.25) is 9.59 Å². The van der Waals surface area contributed by atoms with Crippen LogP contribution in [0.3, 0.4) is 0 Å². The molecule has 1 unspecified atom stereocenters. The Labute approximate surface area is 157 Å². The zero-order valence-electron chi connectivity index (χ0n) is 15.3. The van der Waals surface area contributed by atoms with E-state index < -0.39 is 37.8 Å². The van der Waals surface area contributed by atoms with Crippen molar-refractivity contribution in [2.24, 2.45) is 5.92 Å². The van der Waals surface area contributed by atoms with Crippen LogP contribution in [0.5, 0.6) is 0 Å². The van der Waals surface area contributed by atoms with Crippen LogP contribution >= 0.6 is 0 Å². The van der Waals surface area contributed by atoms with Gasteiger partial charge in [-0.15, -0.1) is 0 Å². The van der Waals surface area contributed by atoms with Crippen LogP contribution in [0.2, 0.25) is 0 Å². The van der Waals surface area contributed by atoms with E-state index in [0.29, 0.717) is 5.56 Å². The third-order valence-electron chi connectivity index (χ3n) is 5.07. The van der Waals surface area contributed by atoms with Crippen molar-refractivity contribution in [1.82, 2.24) is 4.57 Å². The molecule has 0 spiro atoms. The van der Waals surface area contributed by atoms with Gasteiger partial charge in [-0.05, 0) is 25.0 Å². The zero-order valence-corrected chi connectivity index (χ0v) is 16.2. The van der Waals surface area contributed by atoms with Crippen LogP contribution in [-0.2, 0) is 21.2 Å². The first-order chi connectivity index (χ1) is 12.5. The summed E-state index contributed by atoms with van der Waals surface area (Å²) in [4.78, 5) is 24.2. The molecule has 1 aromatic carbocycles. The minimum Gasteiger partial charge on any atom is -0.480 e. The average molecular weight is 395 g/mol. The van der Waals surface area contributed by atoms with Crippen LogP contribution in [-0.4, -0.2) is 35.1 Å². The molecule has 1 heterocycles. The Morgan fingerprint density at radius 3 is 2.33 bits per heavy atom. The van der Waals surface area contributed by atoms with E-state index in [1.54, 1.807) is 37.3 Å². The molecule has 0 bridgehead atoms. The number of benzene rings is 1. The van der Waals surface area contributed by atoms with Gasteiger partial charge < -0.3 is 9.67 Å². The van der Waals surface area contributed by atoms with Crippen molar-refractivity contribution in [1.29, 1.82) is 0 Å². The van der Waals surface area contributed by atoms with Crippen LogP contribution in [0, 0.1) is 11.7 Å². The van der Waals surface area contributed by atoms with Gasteiger partial charge in [0.25, 0.3) is 5.56 Å². The number of carboxylic acid groups (broad SMARTS) is 1. The minimum absolute atomic E-state index is 0.133. The molecule has 2 aromatic rings. The monoisotopic (exact) mass is 395 g/mol. The SMILES string of the molecule is CCC(Cn1ccc(-c2ccccc2)c(F)c1=O)[C@](C)(C(=O)O)S(C)(=O)=O. The second-order valence-electron chi connectivity index (χ2n) is 6.66. The molecule has 0 saturated heterocycles. The number of nitrogens with zero attached hydrogens (tertiary/aromatic N) is 1. The maximum Gasteiger partial charge on any atom is 0.325 e. The number of hydrogen-bond acceptors (Lipinski definition) is 4. The molecule has 146 valence electrons. The number of carbonyl (C=O) groups is 1. The van der Waals surface area contributed by atoms with Gasteiger partial charge in [0.15, 0.2) is 20.4 Å². The summed E-state index contributed by atoms with van der Waals surface area (Å²) in [6.45, 7) is 2.53. The topological polar surface area (TPSA) is 93.4 Å². The highest BCUT2D eigenvalue weighted by molar-refractivity contribution is 7.92. The van der Waals surface area contributed by atoms with Gasteiger partial charge in [0, 0.05) is 30.5 Å². The van der Waals surface area contributed by atoms with Crippen LogP contribution in [0.1, 0.15) is 20.3 Å². The number of pyridine rings is 1. The summed E-state index contributed by atoms with van der Waals surface area (Å²) >= 11 is 0. The van der Waals surface area contributed by atoms with Gasteiger partial charge in [0.2, 0.25) is 0 Å². The molecule has 8 heteroatoms. The highest BCUT2D eigenvalue weighted by Crippen LogP contribution is 2.31. The Balaban J connectivity index is 2.49. The van der Waals surface area contributed by atoms with E-state index in [4.69, 9.17) is 0 Å². The Hall–Kier alpha value is -2.48. The molecule has 0 aliphatic heterocycles. The van der Waals surface area contributed by atoms with E-state index in [1.165, 1.54) is 12.3 Å². The number of aliphatic carboxylic acids is 1. The molecule has 2 atom stereocenters. The molecule has 2 rings (SSSR count). The smallest absolute Gasteiger partial charge is 0.325 e. The maximum absolute atomic E-state index is 14.6. The molecular weight excluding hydrogens is 373 g/mol. The summed E-state index contributed by atoms with van der Waals surface area (Å²) in [6, 6.07) is 9.98. The molecule has 6 nitrogen and oxygen atoms in total. The molecule has 0 aliphatic carbocycles. The van der Waals surface area contributed by atoms with Gasteiger partial charge in [-0.1, -0.05) is 37.3 Å². The lowest BCUT2D eigenvalue weighted by Gasteiger charge is -2.32. The van der Waals surface area contributed by atoms with E-state index in [2.05, 4.69) is 0 Å². The van der Waals surface area contributed by atoms with E-state index in [0.717, 1.165) is 17.7 Å². The summed E-state index contributed by atoms with van der Waals surface area (Å²) < 4.78 is 37.8. The first-order valence-corrected chi connectivity index (χ1v) is 10.3. The number of aromatic nitrogens is 1. The van der Waals surface area contributed by atoms with Gasteiger partial charge in [0.05, 0.1) is 0 Å². The number of sulfone groups is 1. The summed E-state index contributed by atoms with van der Waals surface area (Å²) in [5, 5.41) is 9.52. The largest absolute Gasteiger partial charge is 0.480 e. The molecule has 0 fully saturated rings. The second kappa shape index (κ2) is 7.64. The van der Waals surface area contributed by atoms with E-state index >= 15 is 0 Å². The standard InChI is InChI=1S/C19H22FNO5S/c1-4-14(19(2,18(23)24)27(3,25)26)12-21-11-10-15(16(20)17(21)22)13-8-6-5-7-9-13/h5-11,14H,4,12H2,1-3H3,(H,23,24)/t14?,19-/m1/s1. The van der Waals surface area contributed by atoms with Crippen molar-refractivity contribution >= 4 is 15.8 Å². The molecule has 0 amide bonds. The first kappa shape index (κ1) is 20.8. The Morgan fingerprint density at radius 1 is 1.26 bits per heavy atom. The van der Waals surface area contributed by atoms with Crippen LogP contribution in [0.4, 0.5) is 4.39 Å². The molecular formula is C19H22FNO5S. The molecule has 0 aliphatic rings. The van der Waals surface area contributed by atoms with Gasteiger partial charge in [-0.2, -0.15) is 0 Å². The number of carboxylic acids is 1. The lowest BCUT2D eigenvalue weighted by Crippen LogP contribution is -2.51.